The number of ether oxygens (including phenoxy) is 6. The van der Waals surface area contributed by atoms with E-state index in [1.54, 1.807) is 179 Å². The molecule has 0 amide bonds. The van der Waals surface area contributed by atoms with Crippen LogP contribution in [0.25, 0.3) is 64.6 Å². The quantitative estimate of drug-likeness (QED) is 0.0174. The lowest BCUT2D eigenvalue weighted by atomic mass is 10.1. The van der Waals surface area contributed by atoms with Crippen LogP contribution in [0.1, 0.15) is 193 Å². The van der Waals surface area contributed by atoms with Crippen molar-refractivity contribution in [3.05, 3.63) is 255 Å². The van der Waals surface area contributed by atoms with E-state index in [0.717, 1.165) is 37.7 Å². The Kier molecular flexibility index (Phi) is 21.3. The molecule has 117 heavy (non-hydrogen) atoms. The number of hydrogen-bond donors (Lipinski definition) is 12. The van der Waals surface area contributed by atoms with Crippen molar-refractivity contribution in [2.45, 2.75) is 178 Å². The summed E-state index contributed by atoms with van der Waals surface area (Å²) in [5.74, 6) is 1.21. The fraction of sp³-hybridized carbons (Fsp3) is 0.394. The molecule has 12 aromatic rings. The average molecular weight is 1690 g/mol. The van der Waals surface area contributed by atoms with Crippen molar-refractivity contribution >= 4 is 64.6 Å². The molecular formula is C99H156N6O12. The molecule has 0 fully saturated rings. The first-order valence-electron chi connectivity index (χ1n) is 68.7. The van der Waals surface area contributed by atoms with E-state index in [1.807, 2.05) is 104 Å². The molecule has 0 aliphatic carbocycles. The van der Waals surface area contributed by atoms with Gasteiger partial charge in [0.25, 0.3) is 0 Å². The Morgan fingerprint density at radius 1 is 0.291 bits per heavy atom. The van der Waals surface area contributed by atoms with Crippen molar-refractivity contribution in [1.29, 1.82) is 0 Å². The third-order valence-corrected chi connectivity index (χ3v) is 15.1. The lowest BCUT2D eigenvalue weighted by Gasteiger charge is -2.15. The summed E-state index contributed by atoms with van der Waals surface area (Å²) in [5, 5.41) is 82.9. The number of aliphatic hydroxyl groups is 6. The molecule has 18 heteroatoms. The maximum absolute atomic E-state index is 10.5. The Bertz CT molecular complexity index is 6610. The first kappa shape index (κ1) is 45.1. The Morgan fingerprint density at radius 2 is 0.521 bits per heavy atom. The molecule has 0 saturated heterocycles. The molecule has 0 aromatic heterocycles. The summed E-state index contributed by atoms with van der Waals surface area (Å²) in [6, 6.07) is 62.4. The number of hydrogen-bond acceptors (Lipinski definition) is 18. The monoisotopic (exact) mass is 1680 g/mol. The van der Waals surface area contributed by atoms with Crippen molar-refractivity contribution in [2.75, 3.05) is 78.5 Å². The highest BCUT2D eigenvalue weighted by molar-refractivity contribution is 5.92. The first-order valence-corrected chi connectivity index (χ1v) is 35.7. The van der Waals surface area contributed by atoms with Crippen LogP contribution in [-0.4, -0.2) is 182 Å². The minimum absolute atomic E-state index is 0.0301. The van der Waals surface area contributed by atoms with E-state index in [2.05, 4.69) is 16.0 Å². The van der Waals surface area contributed by atoms with E-state index >= 15 is 0 Å². The van der Waals surface area contributed by atoms with Gasteiger partial charge in [0.05, 0.1) is 17.8 Å². The number of fused-ring (bicyclic) bond motifs is 6. The molecular weight excluding hydrogens is 1470 g/mol. The standard InChI is InChI=1S/6C16H21NO2.3CH4.9H2/c6*1-12(2)17-10-14(18)11-19-16-9-5-7-13-6-3-4-8-15(13)16;;;;;;;;;;;;/h6*3-9,12,14,17-18H,10-11H2,1-2H3;3*1H4;9*1H/i1D3,2D3,10D2,11D2,12D,14D;1D3,2D3,11D2,12D,14D;1D3,2D3,10D2,12D,14D;11D2,14D;10D2,14D;10D2,11D2;3*1D;9*1+1D. The molecule has 12 rings (SSSR count). The van der Waals surface area contributed by atoms with Gasteiger partial charge in [0, 0.05) is 178 Å². The Labute approximate surface area is 789 Å². The van der Waals surface area contributed by atoms with E-state index in [0.29, 0.717) is 38.4 Å². The molecule has 6 unspecified atom stereocenters. The zero-order chi connectivity index (χ0) is 143. The van der Waals surface area contributed by atoms with Crippen LogP contribution in [0.2, 0.25) is 0 Å². The van der Waals surface area contributed by atoms with Gasteiger partial charge in [-0.3, -0.25) is 0 Å². The number of rotatable bonds is 36. The highest BCUT2D eigenvalue weighted by Gasteiger charge is 2.15. The van der Waals surface area contributed by atoms with Gasteiger partial charge in [-0.1, -0.05) is 323 Å². The maximum atomic E-state index is 10.5. The van der Waals surface area contributed by atoms with Crippen LogP contribution in [0, 0.1) is 0 Å². The Hall–Kier alpha value is -9.48. The molecule has 0 bridgehead atoms. The molecule has 0 heterocycles. The lowest BCUT2D eigenvalue weighted by Crippen LogP contribution is -2.35. The molecule has 18 nitrogen and oxygen atoms in total. The molecule has 12 N–H and O–H groups in total. The smallest absolute Gasteiger partial charge is 0.127 e. The molecule has 0 radical (unpaired) electrons. The van der Waals surface area contributed by atoms with Crippen molar-refractivity contribution in [3.63, 3.8) is 0 Å². The fourth-order valence-electron chi connectivity index (χ4n) is 9.93. The minimum Gasteiger partial charge on any atom is -0.490 e. The molecule has 0 spiro atoms. The van der Waals surface area contributed by atoms with Crippen LogP contribution < -0.4 is 60.3 Å². The van der Waals surface area contributed by atoms with Crippen LogP contribution in [0.15, 0.2) is 255 Å². The molecule has 0 aliphatic heterocycles. The SMILES string of the molecule is [2H]C.[2H]C.[2H]C.[2H]C(O)(CNC(C)C)C([2H])([2H])Oc1cccc2ccccc12.[2H]C(O)(COc1cccc2ccccc12)C([2H])([2H])NC(C)C.[2H]C([2H])(NC(C)C)C(O)C([2H])([2H])Oc1cccc2ccccc12.[2H]C([2H])([2H])C([2H])(NC([2H])([2H])C([2H])(O)C([2H])([2H])Oc1cccc2ccccc12)C([2H])([2H])[2H].[2H]C([2H])([2H])C([2H])(NC([2H])([2H])C([2H])(O)COc1cccc2ccccc12)C([2H])([2H])[2H].[2H]C([2H])([2H])C([2H])(NCC([2H])(O)C([2H])([2H])Oc1cccc2ccccc12)C([2H])([2H])[2H].[2H][2H].[2H][2H].[2H][2H].[2H][2H].[2H][2H].[2H][2H].[2H][2H].[2H][2H].[2H][2H]. The number of nitrogens with one attached hydrogen (secondary N) is 6. The zero-order valence-electron chi connectivity index (χ0n) is 130. The van der Waals surface area contributed by atoms with Gasteiger partial charge in [-0.05, 0) is 68.7 Å². The van der Waals surface area contributed by atoms with Crippen LogP contribution in [0.3, 0.4) is 0 Å². The maximum Gasteiger partial charge on any atom is 0.127 e. The Morgan fingerprint density at radius 3 is 0.821 bits per heavy atom. The number of aliphatic hydroxyl groups excluding tert-OH is 1. The van der Waals surface area contributed by atoms with Crippen molar-refractivity contribution in [3.8, 4) is 34.5 Å². The van der Waals surface area contributed by atoms with Gasteiger partial charge in [0.2, 0.25) is 0 Å². The predicted molar refractivity (Wildman–Crippen MR) is 511 cm³/mol. The van der Waals surface area contributed by atoms with Crippen LogP contribution in [-0.2, 0) is 0 Å². The molecule has 0 saturated carbocycles. The third-order valence-electron chi connectivity index (χ3n) is 15.1. The van der Waals surface area contributed by atoms with Crippen molar-refractivity contribution in [1.82, 2.24) is 31.9 Å². The van der Waals surface area contributed by atoms with Gasteiger partial charge >= 0.3 is 0 Å². The van der Waals surface area contributed by atoms with Gasteiger partial charge in [-0.2, -0.15) is 0 Å². The molecule has 12 aromatic carbocycles. The predicted octanol–water partition coefficient (Wildman–Crippen LogP) is 19.6. The second kappa shape index (κ2) is 55.2. The molecule has 6 atom stereocenters. The summed E-state index contributed by atoms with van der Waals surface area (Å²) in [7, 11) is 3.75. The lowest BCUT2D eigenvalue weighted by molar-refractivity contribution is 0.105. The second-order valence-corrected chi connectivity index (χ2v) is 25.2. The van der Waals surface area contributed by atoms with Crippen LogP contribution in [0.5, 0.6) is 34.5 Å². The summed E-state index contributed by atoms with van der Waals surface area (Å²) in [6.45, 7) is -36.5. The first-order chi connectivity index (χ1) is 82.9. The van der Waals surface area contributed by atoms with Crippen molar-refractivity contribution < 1.29 is 147 Å². The fourth-order valence-corrected chi connectivity index (χ4v) is 9.93. The van der Waals surface area contributed by atoms with Gasteiger partial charge in [0.15, 0.2) is 0 Å². The summed E-state index contributed by atoms with van der Waals surface area (Å²) < 4.78 is 461. The summed E-state index contributed by atoms with van der Waals surface area (Å²) in [6.07, 6.45) is -16.9. The highest BCUT2D eigenvalue weighted by atomic mass is 16.5. The summed E-state index contributed by atoms with van der Waals surface area (Å²) >= 11 is 0. The van der Waals surface area contributed by atoms with Crippen LogP contribution in [0.4, 0.5) is 0 Å². The van der Waals surface area contributed by atoms with Gasteiger partial charge < -0.3 is 91.0 Å². The van der Waals surface area contributed by atoms with Crippen molar-refractivity contribution in [2.24, 2.45) is 0 Å². The van der Waals surface area contributed by atoms with Crippen LogP contribution >= 0.6 is 0 Å². The largest absolute Gasteiger partial charge is 0.490 e. The van der Waals surface area contributed by atoms with Gasteiger partial charge in [0.1, 0.15) is 110 Å². The summed E-state index contributed by atoms with van der Waals surface area (Å²) in [5.41, 5.74) is 0. The van der Waals surface area contributed by atoms with E-state index in [-0.39, 0.29) is 47.7 Å². The average Bonchev–Trinajstić information content (AvgIpc) is 0.727. The summed E-state index contributed by atoms with van der Waals surface area (Å²) in [4.78, 5) is 0. The topological polar surface area (TPSA) is 249 Å². The van der Waals surface area contributed by atoms with E-state index < -0.39 is 168 Å². The molecule has 0 aliphatic rings. The van der Waals surface area contributed by atoms with E-state index in [1.165, 1.54) is 51.0 Å². The number of benzene rings is 12. The highest BCUT2D eigenvalue weighted by Crippen LogP contribution is 2.31. The van der Waals surface area contributed by atoms with Gasteiger partial charge in [-0.25, -0.2) is 0 Å². The Balaban J connectivity index is -0.000000489. The minimum atomic E-state index is -3.89. The second-order valence-electron chi connectivity index (χ2n) is 25.2. The van der Waals surface area contributed by atoms with E-state index in [4.69, 9.17) is 117 Å². The zero-order valence-corrected chi connectivity index (χ0v) is 66.5. The normalized spacial score (nSPS) is 21.8. The van der Waals surface area contributed by atoms with E-state index in [9.17, 15) is 30.6 Å². The molecule has 654 valence electrons. The third kappa shape index (κ3) is 37.3. The van der Waals surface area contributed by atoms with Gasteiger partial charge in [-0.15, -0.1) is 0 Å².